The summed E-state index contributed by atoms with van der Waals surface area (Å²) >= 11 is 0. The second kappa shape index (κ2) is 17.3. The average Bonchev–Trinajstić information content (AvgIpc) is 3.39. The molecule has 0 radical (unpaired) electrons. The lowest BCUT2D eigenvalue weighted by molar-refractivity contribution is -0.385. The molecule has 0 N–H and O–H groups in total. The standard InChI is InChI=1S/C36H33N3O11S/c40-36-34(6-3-4-27-8-12-29(13-9-27)38(41)42)33-5-1-2-7-35(33)37(36)26-28-10-16-31(17-11-28)49-24-22-47-20-21-48-23-25-50-51(45,46)32-18-14-30(15-19-32)39(43)44/h1-19H,20-26H2/b4-3+,34-6-. The maximum Gasteiger partial charge on any atom is 0.297 e. The van der Waals surface area contributed by atoms with E-state index in [0.717, 1.165) is 46.6 Å². The van der Waals surface area contributed by atoms with Crippen LogP contribution in [0.2, 0.25) is 0 Å². The third-order valence-corrected chi connectivity index (χ3v) is 8.88. The van der Waals surface area contributed by atoms with Crippen LogP contribution in [0.5, 0.6) is 5.75 Å². The average molecular weight is 716 g/mol. The second-order valence-electron chi connectivity index (χ2n) is 10.9. The largest absolute Gasteiger partial charge is 0.491 e. The number of carbonyl (C=O) groups excluding carboxylic acids is 1. The van der Waals surface area contributed by atoms with Crippen molar-refractivity contribution >= 4 is 44.7 Å². The number of nitro groups is 2. The van der Waals surface area contributed by atoms with Crippen molar-refractivity contribution in [2.75, 3.05) is 44.5 Å². The molecular formula is C36H33N3O11S. The van der Waals surface area contributed by atoms with Gasteiger partial charge in [0.05, 0.1) is 60.0 Å². The predicted molar refractivity (Wildman–Crippen MR) is 188 cm³/mol. The van der Waals surface area contributed by atoms with Gasteiger partial charge in [-0.3, -0.25) is 29.2 Å². The molecule has 0 atom stereocenters. The fourth-order valence-electron chi connectivity index (χ4n) is 5.01. The van der Waals surface area contributed by atoms with Gasteiger partial charge in [0, 0.05) is 35.4 Å². The lowest BCUT2D eigenvalue weighted by Gasteiger charge is -2.17. The van der Waals surface area contributed by atoms with Gasteiger partial charge in [-0.2, -0.15) is 8.42 Å². The third-order valence-electron chi connectivity index (χ3n) is 7.55. The summed E-state index contributed by atoms with van der Waals surface area (Å²) in [4.78, 5) is 35.5. The van der Waals surface area contributed by atoms with E-state index in [1.807, 2.05) is 48.5 Å². The maximum atomic E-state index is 13.5. The number of anilines is 1. The van der Waals surface area contributed by atoms with Crippen molar-refractivity contribution in [2.45, 2.75) is 11.4 Å². The zero-order chi connectivity index (χ0) is 36.2. The van der Waals surface area contributed by atoms with Gasteiger partial charge in [0.2, 0.25) is 0 Å². The summed E-state index contributed by atoms with van der Waals surface area (Å²) in [6.07, 6.45) is 5.30. The van der Waals surface area contributed by atoms with E-state index in [-0.39, 0.29) is 55.2 Å². The summed E-state index contributed by atoms with van der Waals surface area (Å²) in [5.74, 6) is 0.501. The first kappa shape index (κ1) is 36.5. The monoisotopic (exact) mass is 715 g/mol. The van der Waals surface area contributed by atoms with Crippen molar-refractivity contribution in [1.29, 1.82) is 0 Å². The number of benzene rings is 4. The SMILES string of the molecule is O=C1/C(=C\C=C\c2ccc([N+](=O)[O-])cc2)c2ccccc2N1Cc1ccc(OCCOCCOCCOS(=O)(=O)c2ccc([N+](=O)[O-])cc2)cc1. The number of allylic oxidation sites excluding steroid dienone is 2. The van der Waals surface area contributed by atoms with Crippen LogP contribution in [0.4, 0.5) is 17.1 Å². The molecule has 14 nitrogen and oxygen atoms in total. The van der Waals surface area contributed by atoms with Gasteiger partial charge in [-0.15, -0.1) is 0 Å². The van der Waals surface area contributed by atoms with Crippen molar-refractivity contribution in [3.63, 3.8) is 0 Å². The Balaban J connectivity index is 1.01. The molecule has 1 aliphatic rings. The molecule has 1 aliphatic heterocycles. The van der Waals surface area contributed by atoms with Crippen LogP contribution in [0.25, 0.3) is 11.6 Å². The first-order chi connectivity index (χ1) is 24.6. The lowest BCUT2D eigenvalue weighted by atomic mass is 10.1. The van der Waals surface area contributed by atoms with E-state index in [2.05, 4.69) is 0 Å². The summed E-state index contributed by atoms with van der Waals surface area (Å²) in [6.45, 7) is 1.19. The molecule has 0 aromatic heterocycles. The van der Waals surface area contributed by atoms with Gasteiger partial charge in [-0.25, -0.2) is 0 Å². The van der Waals surface area contributed by atoms with Gasteiger partial charge in [-0.1, -0.05) is 42.5 Å². The zero-order valence-corrected chi connectivity index (χ0v) is 28.0. The van der Waals surface area contributed by atoms with E-state index < -0.39 is 20.0 Å². The Kier molecular flexibility index (Phi) is 12.4. The van der Waals surface area contributed by atoms with E-state index in [1.165, 1.54) is 12.1 Å². The normalized spacial score (nSPS) is 13.5. The van der Waals surface area contributed by atoms with Crippen molar-refractivity contribution < 1.29 is 41.5 Å². The van der Waals surface area contributed by atoms with Crippen LogP contribution in [-0.4, -0.2) is 63.8 Å². The maximum absolute atomic E-state index is 13.5. The minimum Gasteiger partial charge on any atom is -0.491 e. The van der Waals surface area contributed by atoms with Crippen molar-refractivity contribution in [3.8, 4) is 5.75 Å². The van der Waals surface area contributed by atoms with Crippen molar-refractivity contribution in [1.82, 2.24) is 0 Å². The van der Waals surface area contributed by atoms with Crippen molar-refractivity contribution in [3.05, 3.63) is 146 Å². The van der Waals surface area contributed by atoms with E-state index in [0.29, 0.717) is 24.5 Å². The van der Waals surface area contributed by atoms with Crippen LogP contribution in [0, 0.1) is 20.2 Å². The molecule has 0 aliphatic carbocycles. The molecule has 264 valence electrons. The van der Waals surface area contributed by atoms with Gasteiger partial charge in [0.1, 0.15) is 12.4 Å². The van der Waals surface area contributed by atoms with Crippen LogP contribution >= 0.6 is 0 Å². The molecule has 1 amide bonds. The van der Waals surface area contributed by atoms with Crippen LogP contribution in [0.15, 0.2) is 114 Å². The number of para-hydroxylation sites is 1. The minimum absolute atomic E-state index is 0.00591. The van der Waals surface area contributed by atoms with Crippen molar-refractivity contribution in [2.24, 2.45) is 0 Å². The Bertz CT molecular complexity index is 2010. The first-order valence-corrected chi connectivity index (χ1v) is 17.1. The summed E-state index contributed by atoms with van der Waals surface area (Å²) in [7, 11) is -4.06. The van der Waals surface area contributed by atoms with E-state index in [9.17, 15) is 33.4 Å². The number of non-ortho nitro benzene ring substituents is 2. The topological polar surface area (TPSA) is 178 Å². The molecule has 15 heteroatoms. The summed E-state index contributed by atoms with van der Waals surface area (Å²) in [5, 5.41) is 21.6. The summed E-state index contributed by atoms with van der Waals surface area (Å²) in [5.41, 5.74) is 3.65. The fourth-order valence-corrected chi connectivity index (χ4v) is 5.90. The number of amides is 1. The highest BCUT2D eigenvalue weighted by atomic mass is 32.2. The van der Waals surface area contributed by atoms with E-state index in [1.54, 1.807) is 35.3 Å². The Hall–Kier alpha value is -5.74. The van der Waals surface area contributed by atoms with Crippen LogP contribution in [0.1, 0.15) is 16.7 Å². The Labute approximate surface area is 293 Å². The van der Waals surface area contributed by atoms with E-state index >= 15 is 0 Å². The summed E-state index contributed by atoms with van der Waals surface area (Å²) < 4.78 is 45.8. The van der Waals surface area contributed by atoms with Gasteiger partial charge in [0.15, 0.2) is 0 Å². The quantitative estimate of drug-likeness (QED) is 0.0390. The molecule has 0 saturated heterocycles. The van der Waals surface area contributed by atoms with Crippen LogP contribution < -0.4 is 9.64 Å². The Morgan fingerprint density at radius 2 is 1.29 bits per heavy atom. The fraction of sp³-hybridized carbons (Fsp3) is 0.194. The van der Waals surface area contributed by atoms with Crippen LogP contribution in [-0.2, 0) is 35.1 Å². The number of hydrogen-bond acceptors (Lipinski definition) is 11. The molecule has 1 heterocycles. The first-order valence-electron chi connectivity index (χ1n) is 15.7. The zero-order valence-electron chi connectivity index (χ0n) is 27.2. The lowest BCUT2D eigenvalue weighted by Crippen LogP contribution is -2.25. The third kappa shape index (κ3) is 9.92. The molecule has 4 aromatic carbocycles. The minimum atomic E-state index is -4.06. The molecule has 0 unspecified atom stereocenters. The number of ether oxygens (including phenoxy) is 3. The molecule has 4 aromatic rings. The van der Waals surface area contributed by atoms with Crippen LogP contribution in [0.3, 0.4) is 0 Å². The highest BCUT2D eigenvalue weighted by molar-refractivity contribution is 7.86. The highest BCUT2D eigenvalue weighted by Crippen LogP contribution is 2.37. The number of rotatable bonds is 18. The number of fused-ring (bicyclic) bond motifs is 1. The predicted octanol–water partition coefficient (Wildman–Crippen LogP) is 5.96. The molecule has 0 spiro atoms. The molecule has 5 rings (SSSR count). The number of carbonyl (C=O) groups is 1. The molecular weight excluding hydrogens is 682 g/mol. The molecule has 0 bridgehead atoms. The Morgan fingerprint density at radius 3 is 1.94 bits per heavy atom. The van der Waals surface area contributed by atoms with Gasteiger partial charge >= 0.3 is 0 Å². The second-order valence-corrected chi connectivity index (χ2v) is 12.6. The number of nitro benzene ring substituents is 2. The summed E-state index contributed by atoms with van der Waals surface area (Å²) in [6, 6.07) is 25.5. The smallest absolute Gasteiger partial charge is 0.297 e. The number of hydrogen-bond donors (Lipinski definition) is 0. The molecule has 0 saturated carbocycles. The number of nitrogens with zero attached hydrogens (tertiary/aromatic N) is 3. The Morgan fingerprint density at radius 1 is 0.706 bits per heavy atom. The van der Waals surface area contributed by atoms with Gasteiger partial charge in [0.25, 0.3) is 27.4 Å². The molecule has 51 heavy (non-hydrogen) atoms. The van der Waals surface area contributed by atoms with Gasteiger partial charge in [-0.05, 0) is 59.7 Å². The van der Waals surface area contributed by atoms with E-state index in [4.69, 9.17) is 18.4 Å². The highest BCUT2D eigenvalue weighted by Gasteiger charge is 2.31. The van der Waals surface area contributed by atoms with Gasteiger partial charge < -0.3 is 19.1 Å². The molecule has 0 fully saturated rings.